The third-order valence-electron chi connectivity index (χ3n) is 2.24. The van der Waals surface area contributed by atoms with Gasteiger partial charge in [0.2, 0.25) is 11.9 Å². The number of nitrogens with two attached hydrogens (primary N) is 2. The standard InChI is InChI=1S/C11H11N5OS/c1-18-11-15-9(14-10(13)16-11)7-4-2-6(3-5-7)8(12)17/h2-5H,1H3,(H2,12,17)(H2,13,14,15,16). The second-order valence-electron chi connectivity index (χ2n) is 3.45. The van der Waals surface area contributed by atoms with Crippen LogP contribution in [0.15, 0.2) is 29.4 Å². The molecule has 7 heteroatoms. The van der Waals surface area contributed by atoms with Crippen molar-refractivity contribution in [1.29, 1.82) is 0 Å². The number of thioether (sulfide) groups is 1. The number of rotatable bonds is 3. The molecule has 0 atom stereocenters. The van der Waals surface area contributed by atoms with Gasteiger partial charge in [-0.1, -0.05) is 23.9 Å². The van der Waals surface area contributed by atoms with Crippen LogP contribution < -0.4 is 11.5 Å². The van der Waals surface area contributed by atoms with Gasteiger partial charge in [-0.25, -0.2) is 4.98 Å². The molecule has 2 rings (SSSR count). The predicted octanol–water partition coefficient (Wildman–Crippen LogP) is 0.942. The van der Waals surface area contributed by atoms with Gasteiger partial charge in [-0.05, 0) is 18.4 Å². The van der Waals surface area contributed by atoms with E-state index in [1.807, 2.05) is 6.26 Å². The molecule has 0 saturated carbocycles. The van der Waals surface area contributed by atoms with Gasteiger partial charge >= 0.3 is 0 Å². The van der Waals surface area contributed by atoms with E-state index < -0.39 is 5.91 Å². The molecule has 0 saturated heterocycles. The number of nitrogens with zero attached hydrogens (tertiary/aromatic N) is 3. The van der Waals surface area contributed by atoms with Crippen molar-refractivity contribution in [3.05, 3.63) is 29.8 Å². The first-order chi connectivity index (χ1) is 8.60. The molecule has 0 radical (unpaired) electrons. The molecule has 1 amide bonds. The molecule has 92 valence electrons. The van der Waals surface area contributed by atoms with E-state index in [1.165, 1.54) is 11.8 Å². The van der Waals surface area contributed by atoms with Crippen LogP contribution in [0.3, 0.4) is 0 Å². The van der Waals surface area contributed by atoms with Crippen LogP contribution in [0.1, 0.15) is 10.4 Å². The predicted molar refractivity (Wildman–Crippen MR) is 70.0 cm³/mol. The monoisotopic (exact) mass is 261 g/mol. The minimum absolute atomic E-state index is 0.170. The summed E-state index contributed by atoms with van der Waals surface area (Å²) >= 11 is 1.38. The SMILES string of the molecule is CSc1nc(N)nc(-c2ccc(C(N)=O)cc2)n1. The van der Waals surface area contributed by atoms with E-state index >= 15 is 0 Å². The molecular formula is C11H11N5OS. The maximum Gasteiger partial charge on any atom is 0.248 e. The summed E-state index contributed by atoms with van der Waals surface area (Å²) in [6.07, 6.45) is 1.86. The zero-order chi connectivity index (χ0) is 13.1. The largest absolute Gasteiger partial charge is 0.368 e. The third kappa shape index (κ3) is 2.57. The summed E-state index contributed by atoms with van der Waals surface area (Å²) in [7, 11) is 0. The Kier molecular flexibility index (Phi) is 3.42. The van der Waals surface area contributed by atoms with Crippen LogP contribution in [0.25, 0.3) is 11.4 Å². The van der Waals surface area contributed by atoms with Gasteiger partial charge in [0.25, 0.3) is 0 Å². The Morgan fingerprint density at radius 2 is 1.83 bits per heavy atom. The summed E-state index contributed by atoms with van der Waals surface area (Å²) < 4.78 is 0. The Labute approximate surface area is 108 Å². The van der Waals surface area contributed by atoms with Gasteiger partial charge in [0.15, 0.2) is 11.0 Å². The third-order valence-corrected chi connectivity index (χ3v) is 2.79. The second kappa shape index (κ2) is 5.01. The Hall–Kier alpha value is -2.15. The number of primary amides is 1. The number of aromatic nitrogens is 3. The number of hydrogen-bond donors (Lipinski definition) is 2. The first-order valence-corrected chi connectivity index (χ1v) is 6.28. The lowest BCUT2D eigenvalue weighted by atomic mass is 10.1. The summed E-state index contributed by atoms with van der Waals surface area (Å²) in [4.78, 5) is 23.2. The molecule has 0 bridgehead atoms. The molecule has 1 aromatic carbocycles. The topological polar surface area (TPSA) is 108 Å². The molecule has 0 aliphatic rings. The highest BCUT2D eigenvalue weighted by Gasteiger charge is 2.07. The highest BCUT2D eigenvalue weighted by molar-refractivity contribution is 7.98. The minimum atomic E-state index is -0.471. The normalized spacial score (nSPS) is 10.3. The van der Waals surface area contributed by atoms with E-state index in [4.69, 9.17) is 11.5 Å². The van der Waals surface area contributed by atoms with Crippen LogP contribution in [-0.2, 0) is 0 Å². The van der Waals surface area contributed by atoms with E-state index in [0.29, 0.717) is 16.5 Å². The quantitative estimate of drug-likeness (QED) is 0.796. The average Bonchev–Trinajstić information content (AvgIpc) is 2.38. The molecule has 18 heavy (non-hydrogen) atoms. The van der Waals surface area contributed by atoms with Crippen molar-refractivity contribution in [3.8, 4) is 11.4 Å². The van der Waals surface area contributed by atoms with E-state index in [2.05, 4.69) is 15.0 Å². The molecule has 6 nitrogen and oxygen atoms in total. The molecule has 4 N–H and O–H groups in total. The Morgan fingerprint density at radius 1 is 1.17 bits per heavy atom. The zero-order valence-corrected chi connectivity index (χ0v) is 10.4. The fraction of sp³-hybridized carbons (Fsp3) is 0.0909. The van der Waals surface area contributed by atoms with Crippen molar-refractivity contribution in [2.24, 2.45) is 5.73 Å². The average molecular weight is 261 g/mol. The lowest BCUT2D eigenvalue weighted by Crippen LogP contribution is -2.10. The van der Waals surface area contributed by atoms with E-state index in [1.54, 1.807) is 24.3 Å². The molecule has 1 heterocycles. The Morgan fingerprint density at radius 3 is 2.39 bits per heavy atom. The smallest absolute Gasteiger partial charge is 0.248 e. The van der Waals surface area contributed by atoms with Crippen LogP contribution in [0, 0.1) is 0 Å². The van der Waals surface area contributed by atoms with E-state index in [-0.39, 0.29) is 5.95 Å². The molecule has 0 spiro atoms. The highest BCUT2D eigenvalue weighted by atomic mass is 32.2. The summed E-state index contributed by atoms with van der Waals surface area (Å²) in [5.41, 5.74) is 12.0. The van der Waals surface area contributed by atoms with Crippen molar-refractivity contribution in [2.45, 2.75) is 5.16 Å². The summed E-state index contributed by atoms with van der Waals surface area (Å²) in [6, 6.07) is 6.69. The molecule has 1 aromatic heterocycles. The molecule has 0 aliphatic carbocycles. The van der Waals surface area contributed by atoms with Crippen molar-refractivity contribution < 1.29 is 4.79 Å². The van der Waals surface area contributed by atoms with Crippen molar-refractivity contribution in [3.63, 3.8) is 0 Å². The number of carbonyl (C=O) groups is 1. The number of benzene rings is 1. The highest BCUT2D eigenvalue weighted by Crippen LogP contribution is 2.19. The minimum Gasteiger partial charge on any atom is -0.368 e. The molecule has 0 aliphatic heterocycles. The lowest BCUT2D eigenvalue weighted by Gasteiger charge is -2.03. The Bertz CT molecular complexity index is 584. The second-order valence-corrected chi connectivity index (χ2v) is 4.22. The fourth-order valence-electron chi connectivity index (χ4n) is 1.38. The van der Waals surface area contributed by atoms with Gasteiger partial charge in [0.05, 0.1) is 0 Å². The number of hydrogen-bond acceptors (Lipinski definition) is 6. The van der Waals surface area contributed by atoms with Gasteiger partial charge in [-0.2, -0.15) is 9.97 Å². The van der Waals surface area contributed by atoms with Crippen LogP contribution >= 0.6 is 11.8 Å². The van der Waals surface area contributed by atoms with Gasteiger partial charge < -0.3 is 11.5 Å². The summed E-state index contributed by atoms with van der Waals surface area (Å²) in [5.74, 6) is 0.174. The lowest BCUT2D eigenvalue weighted by molar-refractivity contribution is 0.100. The first kappa shape index (κ1) is 12.3. The number of amides is 1. The van der Waals surface area contributed by atoms with Crippen LogP contribution in [0.2, 0.25) is 0 Å². The van der Waals surface area contributed by atoms with Crippen molar-refractivity contribution in [1.82, 2.24) is 15.0 Å². The van der Waals surface area contributed by atoms with Crippen LogP contribution in [0.4, 0.5) is 5.95 Å². The molecular weight excluding hydrogens is 250 g/mol. The maximum absolute atomic E-state index is 11.0. The fourth-order valence-corrected chi connectivity index (χ4v) is 1.74. The summed E-state index contributed by atoms with van der Waals surface area (Å²) in [5, 5.41) is 0.552. The molecule has 2 aromatic rings. The zero-order valence-electron chi connectivity index (χ0n) is 9.62. The number of anilines is 1. The maximum atomic E-state index is 11.0. The van der Waals surface area contributed by atoms with Crippen molar-refractivity contribution in [2.75, 3.05) is 12.0 Å². The van der Waals surface area contributed by atoms with E-state index in [9.17, 15) is 4.79 Å². The van der Waals surface area contributed by atoms with Gasteiger partial charge in [0, 0.05) is 11.1 Å². The van der Waals surface area contributed by atoms with Gasteiger partial charge in [-0.3, -0.25) is 4.79 Å². The van der Waals surface area contributed by atoms with Crippen LogP contribution in [-0.4, -0.2) is 27.1 Å². The molecule has 0 fully saturated rings. The van der Waals surface area contributed by atoms with Crippen molar-refractivity contribution >= 4 is 23.6 Å². The van der Waals surface area contributed by atoms with Gasteiger partial charge in [0.1, 0.15) is 0 Å². The van der Waals surface area contributed by atoms with Crippen LogP contribution in [0.5, 0.6) is 0 Å². The first-order valence-electron chi connectivity index (χ1n) is 5.06. The molecule has 0 unspecified atom stereocenters. The number of carbonyl (C=O) groups excluding carboxylic acids is 1. The van der Waals surface area contributed by atoms with Gasteiger partial charge in [-0.15, -0.1) is 0 Å². The van der Waals surface area contributed by atoms with E-state index in [0.717, 1.165) is 5.56 Å². The summed E-state index contributed by atoms with van der Waals surface area (Å²) in [6.45, 7) is 0. The number of nitrogen functional groups attached to an aromatic ring is 1. The Balaban J connectivity index is 2.42.